The highest BCUT2D eigenvalue weighted by atomic mass is 127. The molecule has 0 fully saturated rings. The lowest BCUT2D eigenvalue weighted by molar-refractivity contribution is -0.0538. The van der Waals surface area contributed by atoms with Gasteiger partial charge in [0.25, 0.3) is 5.91 Å². The van der Waals surface area contributed by atoms with Crippen LogP contribution in [0.4, 0.5) is 18.9 Å². The average Bonchev–Trinajstić information content (AvgIpc) is 3.20. The highest BCUT2D eigenvalue weighted by molar-refractivity contribution is 14.2. The minimum atomic E-state index is -4.59. The van der Waals surface area contributed by atoms with Crippen molar-refractivity contribution in [3.63, 3.8) is 0 Å². The molecule has 0 bridgehead atoms. The zero-order chi connectivity index (χ0) is 23.3. The summed E-state index contributed by atoms with van der Waals surface area (Å²) < 4.78 is 41.4. The van der Waals surface area contributed by atoms with Crippen molar-refractivity contribution < 1.29 is 18.0 Å². The number of allylic oxidation sites excluding steroid dienone is 1. The Balaban J connectivity index is 1.48. The lowest BCUT2D eigenvalue weighted by Crippen LogP contribution is -2.21. The van der Waals surface area contributed by atoms with Crippen molar-refractivity contribution in [1.82, 2.24) is 10.4 Å². The molecule has 168 valence electrons. The van der Waals surface area contributed by atoms with Gasteiger partial charge in [-0.1, -0.05) is 36.0 Å². The van der Waals surface area contributed by atoms with Crippen LogP contribution in [-0.4, -0.2) is 26.8 Å². The molecule has 0 unspecified atom stereocenters. The quantitative estimate of drug-likeness (QED) is 0.161. The SMILES string of the molecule is O=C(N/N=C\C(F)(F)F)c1ccccc1Sc1ccc2c(c1)NI=C2/C=C/c1ccccn1. The number of alkyl halides is 3. The number of halogens is 4. The van der Waals surface area contributed by atoms with Crippen molar-refractivity contribution in [2.75, 3.05) is 3.53 Å². The molecule has 2 heterocycles. The van der Waals surface area contributed by atoms with Crippen LogP contribution in [0.1, 0.15) is 21.6 Å². The van der Waals surface area contributed by atoms with Crippen LogP contribution in [0, 0.1) is 0 Å². The van der Waals surface area contributed by atoms with Crippen molar-refractivity contribution >= 4 is 60.2 Å². The van der Waals surface area contributed by atoms with Gasteiger partial charge < -0.3 is 3.53 Å². The first-order valence-electron chi connectivity index (χ1n) is 9.57. The van der Waals surface area contributed by atoms with E-state index in [0.717, 1.165) is 21.8 Å². The van der Waals surface area contributed by atoms with Gasteiger partial charge in [0.2, 0.25) is 0 Å². The van der Waals surface area contributed by atoms with Crippen molar-refractivity contribution in [1.29, 1.82) is 0 Å². The van der Waals surface area contributed by atoms with Gasteiger partial charge in [-0.25, -0.2) is 5.43 Å². The molecule has 1 amide bonds. The fourth-order valence-corrected chi connectivity index (χ4v) is 6.01. The van der Waals surface area contributed by atoms with Gasteiger partial charge in [-0.2, -0.15) is 18.3 Å². The maximum absolute atomic E-state index is 12.3. The molecule has 33 heavy (non-hydrogen) atoms. The largest absolute Gasteiger partial charge is 0.428 e. The Bertz CT molecular complexity index is 1260. The van der Waals surface area contributed by atoms with Crippen molar-refractivity contribution in [2.24, 2.45) is 5.10 Å². The van der Waals surface area contributed by atoms with Gasteiger partial charge in [-0.3, -0.25) is 9.78 Å². The van der Waals surface area contributed by atoms with E-state index in [-0.39, 0.29) is 32.8 Å². The summed E-state index contributed by atoms with van der Waals surface area (Å²) in [6.45, 7) is 0. The van der Waals surface area contributed by atoms with E-state index < -0.39 is 12.1 Å². The molecule has 2 aromatic carbocycles. The van der Waals surface area contributed by atoms with Gasteiger partial charge in [0.15, 0.2) is 0 Å². The van der Waals surface area contributed by atoms with E-state index >= 15 is 0 Å². The second-order valence-corrected chi connectivity index (χ2v) is 10.0. The monoisotopic (exact) mass is 580 g/mol. The Hall–Kier alpha value is -2.99. The van der Waals surface area contributed by atoms with Crippen LogP contribution in [0.25, 0.3) is 6.08 Å². The summed E-state index contributed by atoms with van der Waals surface area (Å²) in [5.41, 5.74) is 5.22. The molecule has 0 aliphatic carbocycles. The van der Waals surface area contributed by atoms with Gasteiger partial charge in [-0.15, -0.1) is 0 Å². The van der Waals surface area contributed by atoms with Crippen LogP contribution < -0.4 is 8.96 Å². The Kier molecular flexibility index (Phi) is 7.23. The molecule has 0 radical (unpaired) electrons. The van der Waals surface area contributed by atoms with E-state index in [9.17, 15) is 18.0 Å². The molecule has 5 nitrogen and oxygen atoms in total. The molecular formula is C23H16F3IN4OS. The zero-order valence-electron chi connectivity index (χ0n) is 16.8. The molecule has 3 aromatic rings. The molecule has 4 rings (SSSR count). The lowest BCUT2D eigenvalue weighted by Gasteiger charge is -2.09. The summed E-state index contributed by atoms with van der Waals surface area (Å²) in [5, 5.41) is 2.98. The summed E-state index contributed by atoms with van der Waals surface area (Å²) in [5.74, 6) is -0.709. The molecule has 0 saturated heterocycles. The maximum Gasteiger partial charge on any atom is 0.428 e. The number of benzene rings is 2. The summed E-state index contributed by atoms with van der Waals surface area (Å²) in [6.07, 6.45) is 0.980. The fourth-order valence-electron chi connectivity index (χ4n) is 2.87. The molecule has 0 saturated carbocycles. The molecule has 2 N–H and O–H groups in total. The smallest absolute Gasteiger partial charge is 0.333 e. The maximum atomic E-state index is 12.3. The summed E-state index contributed by atoms with van der Waals surface area (Å²) in [7, 11) is 0. The van der Waals surface area contributed by atoms with Crippen LogP contribution in [0.2, 0.25) is 0 Å². The normalized spacial score (nSPS) is 13.4. The third-order valence-electron chi connectivity index (χ3n) is 4.32. The van der Waals surface area contributed by atoms with Crippen molar-refractivity contribution in [2.45, 2.75) is 16.0 Å². The summed E-state index contributed by atoms with van der Waals surface area (Å²) in [4.78, 5) is 18.1. The second-order valence-electron chi connectivity index (χ2n) is 6.67. The van der Waals surface area contributed by atoms with Gasteiger partial charge in [0.1, 0.15) is 6.21 Å². The number of carbonyl (C=O) groups excluding carboxylic acids is 1. The van der Waals surface area contributed by atoms with E-state index in [2.05, 4.69) is 19.7 Å². The van der Waals surface area contributed by atoms with Crippen molar-refractivity contribution in [3.8, 4) is 0 Å². The van der Waals surface area contributed by atoms with Crippen LogP contribution in [0.3, 0.4) is 0 Å². The first-order chi connectivity index (χ1) is 15.9. The number of carbonyl (C=O) groups is 1. The first kappa shape index (κ1) is 23.2. The van der Waals surface area contributed by atoms with E-state index in [1.54, 1.807) is 30.5 Å². The van der Waals surface area contributed by atoms with E-state index in [1.807, 2.05) is 47.9 Å². The van der Waals surface area contributed by atoms with Crippen molar-refractivity contribution in [3.05, 3.63) is 89.8 Å². The number of nitrogens with zero attached hydrogens (tertiary/aromatic N) is 2. The predicted octanol–water partition coefficient (Wildman–Crippen LogP) is 6.06. The topological polar surface area (TPSA) is 66.4 Å². The van der Waals surface area contributed by atoms with E-state index in [4.69, 9.17) is 0 Å². The molecule has 0 atom stereocenters. The first-order valence-corrected chi connectivity index (χ1v) is 12.5. The number of anilines is 1. The van der Waals surface area contributed by atoms with Gasteiger partial charge in [-0.05, 0) is 48.6 Å². The summed E-state index contributed by atoms with van der Waals surface area (Å²) >= 11 is 0.971. The molecule has 1 aromatic heterocycles. The van der Waals surface area contributed by atoms with Crippen LogP contribution in [-0.2, 0) is 0 Å². The van der Waals surface area contributed by atoms with Gasteiger partial charge >= 0.3 is 6.18 Å². The minimum absolute atomic E-state index is 0.244. The number of amides is 1. The Labute approximate surface area is 202 Å². The van der Waals surface area contributed by atoms with Crippen LogP contribution in [0.15, 0.2) is 87.8 Å². The Morgan fingerprint density at radius 3 is 2.70 bits per heavy atom. The molecule has 0 spiro atoms. The fraction of sp³-hybridized carbons (Fsp3) is 0.0435. The third kappa shape index (κ3) is 6.29. The Morgan fingerprint density at radius 2 is 1.91 bits per heavy atom. The highest BCUT2D eigenvalue weighted by Crippen LogP contribution is 2.37. The number of fused-ring (bicyclic) bond motifs is 1. The molecular weight excluding hydrogens is 564 g/mol. The lowest BCUT2D eigenvalue weighted by atomic mass is 10.1. The van der Waals surface area contributed by atoms with E-state index in [0.29, 0.717) is 4.90 Å². The molecule has 1 aliphatic rings. The average molecular weight is 580 g/mol. The number of rotatable bonds is 6. The van der Waals surface area contributed by atoms with Crippen LogP contribution >= 0.6 is 32.8 Å². The minimum Gasteiger partial charge on any atom is -0.333 e. The summed E-state index contributed by atoms with van der Waals surface area (Å²) in [6, 6.07) is 18.5. The van der Waals surface area contributed by atoms with Crippen LogP contribution in [0.5, 0.6) is 0 Å². The van der Waals surface area contributed by atoms with Gasteiger partial charge in [0, 0.05) is 46.1 Å². The second kappa shape index (κ2) is 10.3. The number of aromatic nitrogens is 1. The number of nitrogens with one attached hydrogen (secondary N) is 2. The standard InChI is InChI=1S/C23H16F3IN4OS/c24-23(25,26)14-29-31-22(32)18-6-1-2-7-21(18)33-16-9-10-17-19(27-30-20(17)13-16)11-8-15-5-3-4-12-28-15/h1-14,30H,(H,31,32)/b11-8+,29-14-. The third-order valence-corrected chi connectivity index (χ3v) is 7.76. The number of hydrogen-bond donors (Lipinski definition) is 2. The highest BCUT2D eigenvalue weighted by Gasteiger charge is 2.24. The zero-order valence-corrected chi connectivity index (χ0v) is 19.8. The number of pyridine rings is 1. The van der Waals surface area contributed by atoms with E-state index in [1.165, 1.54) is 15.3 Å². The molecule has 1 aliphatic heterocycles. The number of hydrazone groups is 1. The van der Waals surface area contributed by atoms with Gasteiger partial charge in [0.05, 0.1) is 16.9 Å². The predicted molar refractivity (Wildman–Crippen MR) is 134 cm³/mol. The Morgan fingerprint density at radius 1 is 1.09 bits per heavy atom. The number of hydrogen-bond acceptors (Lipinski definition) is 5. The molecule has 10 heteroatoms.